The molecule has 1 fully saturated rings. The Morgan fingerprint density at radius 2 is 2.25 bits per heavy atom. The van der Waals surface area contributed by atoms with Crippen molar-refractivity contribution in [2.24, 2.45) is 0 Å². The van der Waals surface area contributed by atoms with Crippen LogP contribution in [0.15, 0.2) is 18.9 Å². The molecule has 0 aliphatic heterocycles. The summed E-state index contributed by atoms with van der Waals surface area (Å²) in [6.07, 6.45) is 6.67. The summed E-state index contributed by atoms with van der Waals surface area (Å²) in [5, 5.41) is 11.8. The number of aromatic nitrogens is 3. The van der Waals surface area contributed by atoms with Crippen LogP contribution in [0, 0.1) is 0 Å². The third-order valence-electron chi connectivity index (χ3n) is 3.43. The Kier molecular flexibility index (Phi) is 4.94. The van der Waals surface area contributed by atoms with Gasteiger partial charge in [-0.25, -0.2) is 0 Å². The van der Waals surface area contributed by atoms with Crippen LogP contribution in [0.4, 0.5) is 0 Å². The normalized spacial score (nSPS) is 15.8. The fourth-order valence-electron chi connectivity index (χ4n) is 2.14. The molecule has 0 atom stereocenters. The lowest BCUT2D eigenvalue weighted by Gasteiger charge is -2.19. The lowest BCUT2D eigenvalue weighted by molar-refractivity contribution is 0.273. The Balaban J connectivity index is 1.78. The Labute approximate surface area is 122 Å². The molecule has 0 radical (unpaired) electrons. The van der Waals surface area contributed by atoms with E-state index in [4.69, 9.17) is 0 Å². The van der Waals surface area contributed by atoms with E-state index < -0.39 is 0 Å². The van der Waals surface area contributed by atoms with E-state index in [0.717, 1.165) is 37.9 Å². The first-order valence-corrected chi connectivity index (χ1v) is 7.47. The Morgan fingerprint density at radius 1 is 1.50 bits per heavy atom. The number of nitrogens with one attached hydrogen (secondary N) is 1. The second kappa shape index (κ2) is 6.50. The molecule has 0 spiro atoms. The van der Waals surface area contributed by atoms with Gasteiger partial charge in [0.1, 0.15) is 0 Å². The summed E-state index contributed by atoms with van der Waals surface area (Å²) in [5.41, 5.74) is 1.11. The molecule has 1 aromatic heterocycles. The highest BCUT2D eigenvalue weighted by Gasteiger charge is 2.27. The number of hydrogen-bond acceptors (Lipinski definition) is 4. The molecule has 5 heteroatoms. The highest BCUT2D eigenvalue weighted by Crippen LogP contribution is 2.26. The number of hydrogen-bond donors (Lipinski definition) is 1. The van der Waals surface area contributed by atoms with Crippen LogP contribution in [0.3, 0.4) is 0 Å². The summed E-state index contributed by atoms with van der Waals surface area (Å²) < 4.78 is 1.94. The van der Waals surface area contributed by atoms with Gasteiger partial charge in [-0.2, -0.15) is 0 Å². The molecule has 0 bridgehead atoms. The van der Waals surface area contributed by atoms with Gasteiger partial charge in [0.15, 0.2) is 0 Å². The van der Waals surface area contributed by atoms with E-state index in [1.165, 1.54) is 12.8 Å². The standard InChI is InChI=1S/C15H27N5/c1-5-8-19(14-6-7-14)9-10-20-12-13(17-18-20)11-16-15(2,3)4/h5,12,14,16H,1,6-11H2,2-4H3. The van der Waals surface area contributed by atoms with E-state index in [9.17, 15) is 0 Å². The van der Waals surface area contributed by atoms with Gasteiger partial charge in [-0.15, -0.1) is 11.7 Å². The van der Waals surface area contributed by atoms with Crippen molar-refractivity contribution >= 4 is 0 Å². The van der Waals surface area contributed by atoms with Crippen LogP contribution in [0.25, 0.3) is 0 Å². The molecule has 5 nitrogen and oxygen atoms in total. The van der Waals surface area contributed by atoms with Crippen LogP contribution >= 0.6 is 0 Å². The molecule has 2 rings (SSSR count). The smallest absolute Gasteiger partial charge is 0.0965 e. The molecule has 1 aliphatic carbocycles. The lowest BCUT2D eigenvalue weighted by atomic mass is 10.1. The van der Waals surface area contributed by atoms with Crippen molar-refractivity contribution in [1.29, 1.82) is 0 Å². The summed E-state index contributed by atoms with van der Waals surface area (Å²) >= 11 is 0. The average molecular weight is 277 g/mol. The molecule has 0 unspecified atom stereocenters. The van der Waals surface area contributed by atoms with E-state index in [1.807, 2.05) is 17.0 Å². The Bertz CT molecular complexity index is 428. The number of rotatable bonds is 8. The minimum Gasteiger partial charge on any atom is -0.306 e. The first kappa shape index (κ1) is 15.2. The second-order valence-electron chi connectivity index (χ2n) is 6.59. The van der Waals surface area contributed by atoms with Gasteiger partial charge in [-0.05, 0) is 33.6 Å². The van der Waals surface area contributed by atoms with Crippen LogP contribution in [-0.4, -0.2) is 44.6 Å². The van der Waals surface area contributed by atoms with Gasteiger partial charge in [-0.3, -0.25) is 9.58 Å². The second-order valence-corrected chi connectivity index (χ2v) is 6.59. The van der Waals surface area contributed by atoms with Gasteiger partial charge < -0.3 is 5.32 Å². The molecule has 112 valence electrons. The molecular formula is C15H27N5. The largest absolute Gasteiger partial charge is 0.306 e. The van der Waals surface area contributed by atoms with Crippen molar-refractivity contribution in [3.05, 3.63) is 24.5 Å². The highest BCUT2D eigenvalue weighted by molar-refractivity contribution is 4.93. The van der Waals surface area contributed by atoms with Crippen molar-refractivity contribution in [1.82, 2.24) is 25.2 Å². The van der Waals surface area contributed by atoms with Crippen molar-refractivity contribution < 1.29 is 0 Å². The fraction of sp³-hybridized carbons (Fsp3) is 0.733. The van der Waals surface area contributed by atoms with Crippen molar-refractivity contribution in [3.8, 4) is 0 Å². The molecule has 0 amide bonds. The van der Waals surface area contributed by atoms with Crippen molar-refractivity contribution in [2.45, 2.75) is 58.3 Å². The van der Waals surface area contributed by atoms with E-state index >= 15 is 0 Å². The maximum Gasteiger partial charge on any atom is 0.0965 e. The maximum absolute atomic E-state index is 4.22. The zero-order chi connectivity index (χ0) is 14.6. The first-order chi connectivity index (χ1) is 9.48. The van der Waals surface area contributed by atoms with E-state index in [-0.39, 0.29) is 5.54 Å². The molecule has 1 heterocycles. The molecule has 20 heavy (non-hydrogen) atoms. The molecule has 1 aliphatic rings. The minimum absolute atomic E-state index is 0.108. The van der Waals surface area contributed by atoms with Crippen LogP contribution in [-0.2, 0) is 13.1 Å². The van der Waals surface area contributed by atoms with Gasteiger partial charge in [0.25, 0.3) is 0 Å². The predicted molar refractivity (Wildman–Crippen MR) is 81.4 cm³/mol. The monoisotopic (exact) mass is 277 g/mol. The van der Waals surface area contributed by atoms with Crippen LogP contribution < -0.4 is 5.32 Å². The predicted octanol–water partition coefficient (Wildman–Crippen LogP) is 1.82. The van der Waals surface area contributed by atoms with Crippen LogP contribution in [0.5, 0.6) is 0 Å². The third kappa shape index (κ3) is 5.06. The van der Waals surface area contributed by atoms with Gasteiger partial charge >= 0.3 is 0 Å². The molecule has 1 N–H and O–H groups in total. The van der Waals surface area contributed by atoms with Crippen LogP contribution in [0.1, 0.15) is 39.3 Å². The van der Waals surface area contributed by atoms with Gasteiger partial charge in [0, 0.05) is 37.4 Å². The van der Waals surface area contributed by atoms with Crippen molar-refractivity contribution in [3.63, 3.8) is 0 Å². The summed E-state index contributed by atoms with van der Waals surface area (Å²) in [5.74, 6) is 0. The van der Waals surface area contributed by atoms with Gasteiger partial charge in [0.05, 0.1) is 12.2 Å². The zero-order valence-electron chi connectivity index (χ0n) is 13.0. The molecule has 1 saturated carbocycles. The third-order valence-corrected chi connectivity index (χ3v) is 3.43. The van der Waals surface area contributed by atoms with E-state index in [0.29, 0.717) is 0 Å². The Hall–Kier alpha value is -1.20. The zero-order valence-corrected chi connectivity index (χ0v) is 13.0. The average Bonchev–Trinajstić information content (AvgIpc) is 3.11. The first-order valence-electron chi connectivity index (χ1n) is 7.47. The van der Waals surface area contributed by atoms with Crippen LogP contribution in [0.2, 0.25) is 0 Å². The van der Waals surface area contributed by atoms with Gasteiger partial charge in [0.2, 0.25) is 0 Å². The molecule has 0 aromatic carbocycles. The minimum atomic E-state index is 0.108. The summed E-state index contributed by atoms with van der Waals surface area (Å²) in [4.78, 5) is 2.47. The summed E-state index contributed by atoms with van der Waals surface area (Å²) in [6.45, 7) is 13.9. The highest BCUT2D eigenvalue weighted by atomic mass is 15.4. The topological polar surface area (TPSA) is 46.0 Å². The maximum atomic E-state index is 4.22. The summed E-state index contributed by atoms with van der Waals surface area (Å²) in [7, 11) is 0. The van der Waals surface area contributed by atoms with E-state index in [1.54, 1.807) is 0 Å². The lowest BCUT2D eigenvalue weighted by Crippen LogP contribution is -2.35. The summed E-state index contributed by atoms with van der Waals surface area (Å²) in [6, 6.07) is 0.763. The van der Waals surface area contributed by atoms with E-state index in [2.05, 4.69) is 47.9 Å². The fourth-order valence-corrected chi connectivity index (χ4v) is 2.14. The quantitative estimate of drug-likeness (QED) is 0.736. The SMILES string of the molecule is C=CCN(CCn1cc(CNC(C)(C)C)nn1)C1CC1. The molecule has 0 saturated heterocycles. The molecule has 1 aromatic rings. The molecular weight excluding hydrogens is 250 g/mol. The number of nitrogens with zero attached hydrogens (tertiary/aromatic N) is 4. The van der Waals surface area contributed by atoms with Gasteiger partial charge in [-0.1, -0.05) is 11.3 Å². The Morgan fingerprint density at radius 3 is 2.85 bits per heavy atom. The van der Waals surface area contributed by atoms with Crippen molar-refractivity contribution in [2.75, 3.05) is 13.1 Å².